The Morgan fingerprint density at radius 1 is 0.357 bits per heavy atom. The van der Waals surface area contributed by atoms with E-state index in [-0.39, 0.29) is 30.5 Å². The predicted octanol–water partition coefficient (Wildman–Crippen LogP) is 16.1. The highest BCUT2D eigenvalue weighted by Crippen LogP contribution is 2.74. The first kappa shape index (κ1) is 62.1. The molecule has 9 nitrogen and oxygen atoms in total. The molecule has 0 spiro atoms. The van der Waals surface area contributed by atoms with Crippen LogP contribution in [-0.2, 0) is 38.1 Å². The number of unbranched alkanes of at least 4 members (excludes halogenated alkanes) is 12. The van der Waals surface area contributed by atoms with Gasteiger partial charge in [-0.05, 0) is 121 Å². The molecular weight excluding hydrogens is 875 g/mol. The molecule has 408 valence electrons. The number of hydrogen-bond donors (Lipinski definition) is 0. The second-order valence-corrected chi connectivity index (χ2v) is 24.0. The number of nitrogens with zero attached hydrogens (tertiary/aromatic N) is 1. The third-order valence-corrected chi connectivity index (χ3v) is 17.1. The Morgan fingerprint density at radius 2 is 0.600 bits per heavy atom. The minimum Gasteiger partial charge on any atom is -0.465 e. The number of carbonyl (C=O) groups is 4. The smallest absolute Gasteiger partial charge is 0.306 e. The molecule has 4 fully saturated rings. The van der Waals surface area contributed by atoms with Crippen LogP contribution in [0.4, 0.5) is 0 Å². The lowest BCUT2D eigenvalue weighted by Gasteiger charge is -2.69. The van der Waals surface area contributed by atoms with Crippen LogP contribution >= 0.6 is 0 Å². The minimum atomic E-state index is -0.414. The van der Waals surface area contributed by atoms with E-state index in [1.807, 2.05) is 0 Å². The van der Waals surface area contributed by atoms with Crippen LogP contribution in [0.2, 0.25) is 0 Å². The van der Waals surface area contributed by atoms with Crippen LogP contribution in [-0.4, -0.2) is 74.8 Å². The van der Waals surface area contributed by atoms with E-state index in [0.29, 0.717) is 63.3 Å². The lowest BCUT2D eigenvalue weighted by Crippen LogP contribution is -2.65. The second kappa shape index (κ2) is 34.4. The summed E-state index contributed by atoms with van der Waals surface area (Å²) in [6.45, 7) is 21.6. The minimum absolute atomic E-state index is 0.113. The van der Waals surface area contributed by atoms with Crippen molar-refractivity contribution in [3.8, 4) is 0 Å². The van der Waals surface area contributed by atoms with Crippen LogP contribution in [0.1, 0.15) is 280 Å². The van der Waals surface area contributed by atoms with Gasteiger partial charge in [-0.2, -0.15) is 0 Å². The Morgan fingerprint density at radius 3 is 0.829 bits per heavy atom. The van der Waals surface area contributed by atoms with E-state index >= 15 is 0 Å². The molecule has 4 aliphatic rings. The summed E-state index contributed by atoms with van der Waals surface area (Å²) in [5.41, 5.74) is -1.65. The largest absolute Gasteiger partial charge is 0.465 e. The maximum Gasteiger partial charge on any atom is 0.306 e. The Bertz CT molecular complexity index is 1260. The number of rotatable bonds is 44. The van der Waals surface area contributed by atoms with E-state index in [1.165, 1.54) is 38.5 Å². The van der Waals surface area contributed by atoms with Crippen molar-refractivity contribution in [1.82, 2.24) is 4.90 Å². The van der Waals surface area contributed by atoms with Gasteiger partial charge in [0.05, 0.1) is 26.4 Å². The van der Waals surface area contributed by atoms with Crippen molar-refractivity contribution in [3.05, 3.63) is 0 Å². The zero-order chi connectivity index (χ0) is 51.1. The first-order chi connectivity index (χ1) is 33.8. The van der Waals surface area contributed by atoms with Crippen molar-refractivity contribution in [3.63, 3.8) is 0 Å². The summed E-state index contributed by atoms with van der Waals surface area (Å²) in [5, 5.41) is 0. The van der Waals surface area contributed by atoms with E-state index in [2.05, 4.69) is 60.3 Å². The standard InChI is InChI=1S/C61H111NO8/c1-9-17-23-30-51(31-24-18-10-2)38-55(64)68-48-59-41-58(47-67-54(63)36-29-37-62(15-7)16-8)42-60(44-59,49-69-56(65)39-52(32-25-19-11-3)33-26-20-12-4)46-61(43-58,45-59)50-70-57(66)40-53(34-27-21-13-5)35-28-22-14-6/h51-53H,9-50H2,1-8H3. The Kier molecular flexibility index (Phi) is 30.5. The summed E-state index contributed by atoms with van der Waals surface area (Å²) in [4.78, 5) is 58.1. The highest BCUT2D eigenvalue weighted by atomic mass is 16.5. The molecule has 4 bridgehead atoms. The summed E-state index contributed by atoms with van der Waals surface area (Å²) < 4.78 is 25.9. The number of carbonyl (C=O) groups excluding carboxylic acids is 4. The summed E-state index contributed by atoms with van der Waals surface area (Å²) in [7, 11) is 0. The molecule has 4 rings (SSSR count). The molecular formula is C61H111NO8. The second-order valence-electron chi connectivity index (χ2n) is 24.0. The molecule has 0 radical (unpaired) electrons. The molecule has 0 aromatic rings. The fraction of sp³-hybridized carbons (Fsp3) is 0.934. The van der Waals surface area contributed by atoms with Crippen molar-refractivity contribution < 1.29 is 38.1 Å². The van der Waals surface area contributed by atoms with E-state index in [9.17, 15) is 19.2 Å². The monoisotopic (exact) mass is 986 g/mol. The van der Waals surface area contributed by atoms with Crippen molar-refractivity contribution in [2.75, 3.05) is 46.1 Å². The zero-order valence-corrected chi connectivity index (χ0v) is 47.1. The summed E-state index contributed by atoms with van der Waals surface area (Å²) >= 11 is 0. The van der Waals surface area contributed by atoms with Gasteiger partial charge >= 0.3 is 23.9 Å². The Balaban J connectivity index is 1.98. The number of ether oxygens (including phenoxy) is 4. The van der Waals surface area contributed by atoms with Crippen LogP contribution in [0.15, 0.2) is 0 Å². The van der Waals surface area contributed by atoms with Gasteiger partial charge < -0.3 is 23.8 Å². The fourth-order valence-corrected chi connectivity index (χ4v) is 14.2. The van der Waals surface area contributed by atoms with Gasteiger partial charge in [-0.3, -0.25) is 19.2 Å². The molecule has 70 heavy (non-hydrogen) atoms. The SMILES string of the molecule is CCCCCC(CCCCC)CC(=O)OCC12CC3(COC(=O)CCCN(CC)CC)CC(COC(=O)CC(CCCCC)CCCCC)(C1)CC(COC(=O)CC(CCCCC)CCCCC)(C3)C2. The van der Waals surface area contributed by atoms with E-state index in [1.54, 1.807) is 0 Å². The fourth-order valence-electron chi connectivity index (χ4n) is 14.2. The average molecular weight is 987 g/mol. The predicted molar refractivity (Wildman–Crippen MR) is 287 cm³/mol. The van der Waals surface area contributed by atoms with Gasteiger partial charge in [-0.1, -0.05) is 171 Å². The van der Waals surface area contributed by atoms with Crippen molar-refractivity contribution in [1.29, 1.82) is 0 Å². The van der Waals surface area contributed by atoms with Gasteiger partial charge in [-0.15, -0.1) is 0 Å². The topological polar surface area (TPSA) is 108 Å². The molecule has 0 unspecified atom stereocenters. The summed E-state index contributed by atoms with van der Waals surface area (Å²) in [5.74, 6) is 0.466. The van der Waals surface area contributed by atoms with Crippen molar-refractivity contribution in [2.24, 2.45) is 39.4 Å². The molecule has 4 saturated carbocycles. The maximum absolute atomic E-state index is 14.0. The Hall–Kier alpha value is -2.16. The lowest BCUT2D eigenvalue weighted by molar-refractivity contribution is -0.249. The third-order valence-electron chi connectivity index (χ3n) is 17.1. The van der Waals surface area contributed by atoms with E-state index < -0.39 is 21.7 Å². The molecule has 9 heteroatoms. The maximum atomic E-state index is 14.0. The molecule has 0 aliphatic heterocycles. The molecule has 0 aromatic heterocycles. The van der Waals surface area contributed by atoms with E-state index in [0.717, 1.165) is 180 Å². The first-order valence-electron chi connectivity index (χ1n) is 30.1. The summed E-state index contributed by atoms with van der Waals surface area (Å²) in [6, 6.07) is 0. The molecule has 0 N–H and O–H groups in total. The van der Waals surface area contributed by atoms with Crippen LogP contribution in [0.3, 0.4) is 0 Å². The van der Waals surface area contributed by atoms with Gasteiger partial charge in [0.1, 0.15) is 0 Å². The van der Waals surface area contributed by atoms with Crippen molar-refractivity contribution in [2.45, 2.75) is 280 Å². The Labute approximate surface area is 430 Å². The van der Waals surface area contributed by atoms with Crippen molar-refractivity contribution >= 4 is 23.9 Å². The highest BCUT2D eigenvalue weighted by Gasteiger charge is 2.69. The van der Waals surface area contributed by atoms with Crippen LogP contribution in [0.25, 0.3) is 0 Å². The average Bonchev–Trinajstić information content (AvgIpc) is 3.33. The molecule has 0 saturated heterocycles. The molecule has 0 heterocycles. The molecule has 0 atom stereocenters. The van der Waals surface area contributed by atoms with Gasteiger partial charge in [0.2, 0.25) is 0 Å². The normalized spacial score (nSPS) is 22.7. The number of hydrogen-bond acceptors (Lipinski definition) is 9. The zero-order valence-electron chi connectivity index (χ0n) is 47.1. The number of esters is 4. The van der Waals surface area contributed by atoms with Gasteiger partial charge in [-0.25, -0.2) is 0 Å². The van der Waals surface area contributed by atoms with Crippen LogP contribution in [0.5, 0.6) is 0 Å². The molecule has 0 aromatic carbocycles. The molecule has 4 aliphatic carbocycles. The third kappa shape index (κ3) is 22.9. The highest BCUT2D eigenvalue weighted by molar-refractivity contribution is 5.71. The summed E-state index contributed by atoms with van der Waals surface area (Å²) in [6.07, 6.45) is 34.3. The van der Waals surface area contributed by atoms with Gasteiger partial charge in [0.25, 0.3) is 0 Å². The van der Waals surface area contributed by atoms with Crippen LogP contribution < -0.4 is 0 Å². The molecule has 0 amide bonds. The first-order valence-corrected chi connectivity index (χ1v) is 30.1. The quantitative estimate of drug-likeness (QED) is 0.0335. The lowest BCUT2D eigenvalue weighted by atomic mass is 9.36. The van der Waals surface area contributed by atoms with E-state index in [4.69, 9.17) is 18.9 Å². The van der Waals surface area contributed by atoms with Crippen LogP contribution in [0, 0.1) is 39.4 Å². The van der Waals surface area contributed by atoms with Gasteiger partial charge in [0, 0.05) is 47.3 Å². The van der Waals surface area contributed by atoms with Gasteiger partial charge in [0.15, 0.2) is 0 Å².